The zero-order valence-electron chi connectivity index (χ0n) is 37.2. The Kier molecular flexibility index (Phi) is 13.6. The largest absolute Gasteiger partial charge is 0.417 e. The fraction of sp³-hybridized carbons (Fsp3) is 0.238. The van der Waals surface area contributed by atoms with E-state index in [-0.39, 0.29) is 39.8 Å². The highest BCUT2D eigenvalue weighted by atomic mass is 32.1. The van der Waals surface area contributed by atoms with Gasteiger partial charge in [0.25, 0.3) is 23.4 Å². The molecule has 1 saturated heterocycles. The molecule has 1 aliphatic rings. The molecule has 3 N–H and O–H groups in total. The second-order valence-corrected chi connectivity index (χ2v) is 14.0. The number of rotatable bonds is 7. The predicted molar refractivity (Wildman–Crippen MR) is 229 cm³/mol. The van der Waals surface area contributed by atoms with Crippen molar-refractivity contribution in [3.05, 3.63) is 135 Å². The number of nitriles is 1. The maximum atomic E-state index is 14.8. The molecule has 1 heterocycles. The number of thiocarbonyl (C=S) groups is 2. The van der Waals surface area contributed by atoms with Gasteiger partial charge in [-0.3, -0.25) is 24.1 Å². The van der Waals surface area contributed by atoms with Gasteiger partial charge in [0.15, 0.2) is 10.8 Å². The van der Waals surface area contributed by atoms with Crippen LogP contribution in [0.5, 0.6) is 0 Å². The van der Waals surface area contributed by atoms with E-state index in [1.165, 1.54) is 36.0 Å². The fourth-order valence-corrected chi connectivity index (χ4v) is 5.86. The van der Waals surface area contributed by atoms with Gasteiger partial charge in [-0.1, -0.05) is 6.07 Å². The number of halogens is 5. The van der Waals surface area contributed by atoms with Crippen LogP contribution in [0.3, 0.4) is 0 Å². The molecule has 0 aliphatic carbocycles. The van der Waals surface area contributed by atoms with E-state index in [2.05, 4.69) is 42.9 Å². The van der Waals surface area contributed by atoms with Crippen LogP contribution in [0.25, 0.3) is 9.69 Å². The predicted octanol–water partition coefficient (Wildman–Crippen LogP) is 9.53. The summed E-state index contributed by atoms with van der Waals surface area (Å²) in [7, 11) is 2.66. The SMILES string of the molecule is N#Cc1ccc(N=C=S)cc1C(F)(F)F.[2H]c1cc(C(=O)NC)c(F)c([2H])c1N1C(=S)N(c2ccc([N+]#[C-])c(C)c2)C(=O)C1(C)C.[2H]c1cc(C(=O)NC)c(F)c([2H])c1NC(C)(C)[N+]#[C-]. The van der Waals surface area contributed by atoms with Crippen LogP contribution < -0.4 is 25.8 Å². The van der Waals surface area contributed by atoms with Crippen LogP contribution in [-0.4, -0.2) is 53.3 Å². The molecule has 314 valence electrons. The Bertz CT molecular complexity index is 2800. The van der Waals surface area contributed by atoms with Gasteiger partial charge in [-0.15, -0.1) is 0 Å². The molecule has 0 atom stereocenters. The third-order valence-electron chi connectivity index (χ3n) is 8.36. The number of hydrogen-bond donors (Lipinski definition) is 3. The number of isothiocyanates is 1. The molecular weight excluding hydrogens is 838 g/mol. The first kappa shape index (κ1) is 42.0. The summed E-state index contributed by atoms with van der Waals surface area (Å²) in [5, 5.41) is 17.6. The van der Waals surface area contributed by atoms with Gasteiger partial charge < -0.3 is 20.9 Å². The fourth-order valence-electron chi connectivity index (χ4n) is 5.24. The molecule has 1 aliphatic heterocycles. The van der Waals surface area contributed by atoms with Crippen LogP contribution in [-0.2, 0) is 11.0 Å². The molecule has 0 spiro atoms. The molecule has 12 nitrogen and oxygen atoms in total. The summed E-state index contributed by atoms with van der Waals surface area (Å²) in [4.78, 5) is 49.2. The van der Waals surface area contributed by atoms with Crippen LogP contribution in [0, 0.1) is 43.0 Å². The van der Waals surface area contributed by atoms with Crippen LogP contribution in [0.4, 0.5) is 50.4 Å². The molecule has 0 radical (unpaired) electrons. The molecule has 4 aromatic carbocycles. The van der Waals surface area contributed by atoms with E-state index in [0.29, 0.717) is 16.9 Å². The minimum atomic E-state index is -4.57. The first-order chi connectivity index (χ1) is 30.2. The summed E-state index contributed by atoms with van der Waals surface area (Å²) in [6, 6.07) is 9.60. The van der Waals surface area contributed by atoms with Crippen LogP contribution in [0.15, 0.2) is 77.7 Å². The molecule has 4 aromatic rings. The molecule has 0 unspecified atom stereocenters. The van der Waals surface area contributed by atoms with E-state index in [1.807, 2.05) is 5.16 Å². The lowest BCUT2D eigenvalue weighted by Crippen LogP contribution is -2.44. The maximum absolute atomic E-state index is 14.8. The molecule has 19 heteroatoms. The zero-order chi connectivity index (χ0) is 49.5. The number of amides is 3. The van der Waals surface area contributed by atoms with Crippen molar-refractivity contribution in [2.45, 2.75) is 52.0 Å². The smallest absolute Gasteiger partial charge is 0.355 e. The van der Waals surface area contributed by atoms with E-state index >= 15 is 0 Å². The van der Waals surface area contributed by atoms with Crippen molar-refractivity contribution < 1.29 is 41.8 Å². The second-order valence-electron chi connectivity index (χ2n) is 13.4. The van der Waals surface area contributed by atoms with Gasteiger partial charge in [0, 0.05) is 45.0 Å². The summed E-state index contributed by atoms with van der Waals surface area (Å²) in [6.45, 7) is 22.1. The zero-order valence-corrected chi connectivity index (χ0v) is 34.9. The van der Waals surface area contributed by atoms with E-state index in [1.54, 1.807) is 52.8 Å². The Balaban J connectivity index is 0.000000282. The second kappa shape index (κ2) is 19.8. The van der Waals surface area contributed by atoms with Crippen molar-refractivity contribution >= 4 is 80.9 Å². The minimum absolute atomic E-state index is 0.0244. The van der Waals surface area contributed by atoms with Gasteiger partial charge in [0.2, 0.25) is 0 Å². The van der Waals surface area contributed by atoms with Gasteiger partial charge >= 0.3 is 6.18 Å². The van der Waals surface area contributed by atoms with E-state index < -0.39 is 75.5 Å². The molecule has 0 saturated carbocycles. The van der Waals surface area contributed by atoms with Crippen LogP contribution in [0.1, 0.15) is 70.6 Å². The molecule has 1 fully saturated rings. The Morgan fingerprint density at radius 3 is 2.05 bits per heavy atom. The quantitative estimate of drug-likeness (QED) is 0.0723. The summed E-state index contributed by atoms with van der Waals surface area (Å²) < 4.78 is 98.0. The molecule has 0 aromatic heterocycles. The average molecular weight is 878 g/mol. The van der Waals surface area contributed by atoms with Crippen molar-refractivity contribution in [3.8, 4) is 6.07 Å². The Labute approximate surface area is 364 Å². The standard InChI is InChI=1S/C21H19FN4O2S.C12H14FN3O.C9H3F3N2S/c1-12-10-13(7-9-17(12)23-4)25-19(28)21(2,3)26(20(25)29)14-6-8-15(16(22)11-14)18(27)24-5;1-12(2,15-4)16-8-5-6-9(10(13)7-8)11(17)14-3;10-9(11,12)8-3-7(14-5-15)2-1-6(8)4-13/h6-11H,1-3,5H3,(H,24,27);5-7,16H,1-3H3,(H,14,17);1-3H/i6D,11D;5D,7D;. The minimum Gasteiger partial charge on any atom is -0.355 e. The topological polar surface area (TPSA) is 139 Å². The van der Waals surface area contributed by atoms with E-state index in [9.17, 15) is 36.3 Å². The number of nitrogens with zero attached hydrogens (tertiary/aromatic N) is 6. The number of nitrogens with one attached hydrogen (secondary N) is 3. The molecule has 5 rings (SSSR count). The average Bonchev–Trinajstić information content (AvgIpc) is 3.43. The van der Waals surface area contributed by atoms with E-state index in [4.69, 9.17) is 36.1 Å². The number of carbonyl (C=O) groups excluding carboxylic acids is 3. The van der Waals surface area contributed by atoms with Crippen molar-refractivity contribution in [1.29, 1.82) is 5.26 Å². The maximum Gasteiger partial charge on any atom is 0.417 e. The van der Waals surface area contributed by atoms with Crippen molar-refractivity contribution in [2.75, 3.05) is 29.2 Å². The Hall–Kier alpha value is -7.10. The first-order valence-electron chi connectivity index (χ1n) is 19.3. The van der Waals surface area contributed by atoms with Gasteiger partial charge in [0.05, 0.1) is 51.2 Å². The Morgan fingerprint density at radius 2 is 1.54 bits per heavy atom. The number of aliphatic imine (C=N–C) groups is 1. The first-order valence-corrected chi connectivity index (χ1v) is 18.1. The number of alkyl halides is 3. The highest BCUT2D eigenvalue weighted by Crippen LogP contribution is 2.38. The number of benzene rings is 4. The van der Waals surface area contributed by atoms with Crippen molar-refractivity contribution in [2.24, 2.45) is 4.99 Å². The van der Waals surface area contributed by atoms with Gasteiger partial charge in [0.1, 0.15) is 17.2 Å². The normalized spacial score (nSPS) is 13.7. The third-order valence-corrected chi connectivity index (χ3v) is 8.81. The monoisotopic (exact) mass is 877 g/mol. The summed E-state index contributed by atoms with van der Waals surface area (Å²) in [5.74, 6) is -4.01. The van der Waals surface area contributed by atoms with Gasteiger partial charge in [-0.25, -0.2) is 20.2 Å². The number of hydrogen-bond acceptors (Lipinski definition) is 8. The van der Waals surface area contributed by atoms with Crippen LogP contribution in [0.2, 0.25) is 0 Å². The third kappa shape index (κ3) is 11.3. The van der Waals surface area contributed by atoms with Crippen molar-refractivity contribution in [3.63, 3.8) is 0 Å². The highest BCUT2D eigenvalue weighted by Gasteiger charge is 2.50. The van der Waals surface area contributed by atoms with Gasteiger partial charge in [-0.05, 0) is 117 Å². The number of anilines is 3. The number of carbonyl (C=O) groups is 3. The lowest BCUT2D eigenvalue weighted by Gasteiger charge is -2.29. The summed E-state index contributed by atoms with van der Waals surface area (Å²) in [6.07, 6.45) is -4.57. The Morgan fingerprint density at radius 1 is 0.951 bits per heavy atom. The van der Waals surface area contributed by atoms with E-state index in [0.717, 1.165) is 24.3 Å². The summed E-state index contributed by atoms with van der Waals surface area (Å²) in [5.41, 5.74) is -3.40. The number of aryl methyl sites for hydroxylation is 1. The molecular formula is C42H36F5N9O3S2. The summed E-state index contributed by atoms with van der Waals surface area (Å²) >= 11 is 9.80. The van der Waals surface area contributed by atoms with Crippen molar-refractivity contribution in [1.82, 2.24) is 10.6 Å². The van der Waals surface area contributed by atoms with Gasteiger partial charge in [-0.2, -0.15) is 23.4 Å². The lowest BCUT2D eigenvalue weighted by atomic mass is 10.0. The molecule has 61 heavy (non-hydrogen) atoms. The highest BCUT2D eigenvalue weighted by molar-refractivity contribution is 7.81. The molecule has 3 amide bonds. The lowest BCUT2D eigenvalue weighted by molar-refractivity contribution is -0.137. The van der Waals surface area contributed by atoms with Crippen LogP contribution >= 0.6 is 24.4 Å². The molecule has 0 bridgehead atoms.